The molecule has 0 unspecified atom stereocenters. The number of benzene rings is 1. The number of hydrogen-bond acceptors (Lipinski definition) is 6. The molecule has 0 spiro atoms. The molecule has 0 bridgehead atoms. The highest BCUT2D eigenvalue weighted by atomic mass is 16.5. The summed E-state index contributed by atoms with van der Waals surface area (Å²) in [4.78, 5) is 42.8. The first-order chi connectivity index (χ1) is 15.2. The number of methoxy groups -OCH3 is 1. The van der Waals surface area contributed by atoms with Crippen LogP contribution in [0.2, 0.25) is 0 Å². The average Bonchev–Trinajstić information content (AvgIpc) is 3.28. The monoisotopic (exact) mass is 436 g/mol. The number of imidazole rings is 1. The van der Waals surface area contributed by atoms with Gasteiger partial charge in [-0.3, -0.25) is 18.7 Å². The predicted octanol–water partition coefficient (Wildman–Crippen LogP) is 1.23. The number of carbonyl (C=O) groups is 1. The summed E-state index contributed by atoms with van der Waals surface area (Å²) in [7, 11) is 2.73. The van der Waals surface area contributed by atoms with Crippen LogP contribution in [0.4, 0.5) is 0 Å². The number of esters is 1. The van der Waals surface area contributed by atoms with E-state index < -0.39 is 23.8 Å². The van der Waals surface area contributed by atoms with Gasteiger partial charge in [0.15, 0.2) is 11.2 Å². The number of carbonyl (C=O) groups excluding carboxylic acids is 1. The van der Waals surface area contributed by atoms with Crippen LogP contribution in [0, 0.1) is 20.8 Å². The Labute approximate surface area is 183 Å². The molecule has 166 valence electrons. The van der Waals surface area contributed by atoms with Gasteiger partial charge in [0.05, 0.1) is 19.3 Å². The number of fused-ring (bicyclic) bond motifs is 1. The third-order valence-electron chi connectivity index (χ3n) is 5.75. The smallest absolute Gasteiger partial charge is 0.333 e. The van der Waals surface area contributed by atoms with Gasteiger partial charge >= 0.3 is 11.7 Å². The number of hydrogen-bond donors (Lipinski definition) is 0. The third kappa shape index (κ3) is 3.33. The molecular formula is C22H24N6O4. The van der Waals surface area contributed by atoms with Gasteiger partial charge < -0.3 is 4.74 Å². The molecule has 4 aromatic rings. The lowest BCUT2D eigenvalue weighted by molar-refractivity contribution is -0.141. The zero-order valence-corrected chi connectivity index (χ0v) is 18.6. The van der Waals surface area contributed by atoms with Crippen LogP contribution in [-0.4, -0.2) is 41.5 Å². The first kappa shape index (κ1) is 21.3. The summed E-state index contributed by atoms with van der Waals surface area (Å²) in [5.41, 5.74) is 2.86. The maximum atomic E-state index is 13.4. The van der Waals surface area contributed by atoms with Crippen molar-refractivity contribution in [3.05, 3.63) is 73.7 Å². The Bertz CT molecular complexity index is 1460. The molecule has 10 nitrogen and oxygen atoms in total. The number of ether oxygens (including phenoxy) is 1. The Kier molecular flexibility index (Phi) is 5.29. The van der Waals surface area contributed by atoms with Crippen LogP contribution in [0.5, 0.6) is 0 Å². The highest BCUT2D eigenvalue weighted by Crippen LogP contribution is 2.21. The van der Waals surface area contributed by atoms with Crippen molar-refractivity contribution >= 4 is 17.1 Å². The van der Waals surface area contributed by atoms with Gasteiger partial charge in [-0.1, -0.05) is 30.3 Å². The number of rotatable bonds is 5. The fourth-order valence-electron chi connectivity index (χ4n) is 3.69. The fraction of sp³-hybridized carbons (Fsp3) is 0.318. The molecule has 0 fully saturated rings. The minimum Gasteiger partial charge on any atom is -0.468 e. The zero-order valence-electron chi connectivity index (χ0n) is 18.6. The van der Waals surface area contributed by atoms with E-state index in [1.807, 2.05) is 51.1 Å². The Balaban J connectivity index is 2.08. The summed E-state index contributed by atoms with van der Waals surface area (Å²) < 4.78 is 10.2. The first-order valence-electron chi connectivity index (χ1n) is 10.1. The molecule has 0 saturated heterocycles. The number of nitrogens with zero attached hydrogens (tertiary/aromatic N) is 6. The Morgan fingerprint density at radius 1 is 1.06 bits per heavy atom. The molecule has 0 aliphatic rings. The van der Waals surface area contributed by atoms with Crippen molar-refractivity contribution in [2.75, 3.05) is 7.11 Å². The predicted molar refractivity (Wildman–Crippen MR) is 118 cm³/mol. The lowest BCUT2D eigenvalue weighted by Gasteiger charge is -2.11. The van der Waals surface area contributed by atoms with E-state index in [1.165, 1.54) is 18.7 Å². The minimum absolute atomic E-state index is 0.208. The van der Waals surface area contributed by atoms with E-state index in [1.54, 1.807) is 9.25 Å². The second kappa shape index (κ2) is 7.95. The van der Waals surface area contributed by atoms with Crippen molar-refractivity contribution in [3.63, 3.8) is 0 Å². The molecule has 0 saturated carbocycles. The van der Waals surface area contributed by atoms with Crippen molar-refractivity contribution in [1.82, 2.24) is 28.5 Å². The molecule has 10 heteroatoms. The highest BCUT2D eigenvalue weighted by Gasteiger charge is 2.24. The van der Waals surface area contributed by atoms with Gasteiger partial charge in [0, 0.05) is 12.7 Å². The number of aryl methyl sites for hydroxylation is 2. The van der Waals surface area contributed by atoms with Crippen LogP contribution in [0.1, 0.15) is 22.5 Å². The van der Waals surface area contributed by atoms with Gasteiger partial charge in [-0.05, 0) is 31.9 Å². The molecule has 0 radical (unpaired) electrons. The van der Waals surface area contributed by atoms with Crippen LogP contribution < -0.4 is 11.2 Å². The molecule has 0 amide bonds. The summed E-state index contributed by atoms with van der Waals surface area (Å²) in [5.74, 6) is -0.271. The molecule has 0 aliphatic heterocycles. The van der Waals surface area contributed by atoms with Crippen molar-refractivity contribution in [2.45, 2.75) is 33.9 Å². The van der Waals surface area contributed by atoms with E-state index in [0.29, 0.717) is 12.5 Å². The standard InChI is InChI=1S/C22H24N6O4/c1-13-14(2)24-28(15(13)3)21-23-19-18(26(21)11-16-9-7-6-8-10-16)20(30)27(12-17(29)32-5)22(31)25(19)4/h6-10H,11-12H2,1-5H3. The largest absolute Gasteiger partial charge is 0.468 e. The Hall–Kier alpha value is -3.95. The summed E-state index contributed by atoms with van der Waals surface area (Å²) >= 11 is 0. The molecule has 32 heavy (non-hydrogen) atoms. The SMILES string of the molecule is COC(=O)Cn1c(=O)c2c(nc(-n3nc(C)c(C)c3C)n2Cc2ccccc2)n(C)c1=O. The summed E-state index contributed by atoms with van der Waals surface area (Å²) in [6.07, 6.45) is 0. The molecule has 3 heterocycles. The van der Waals surface area contributed by atoms with E-state index in [0.717, 1.165) is 27.1 Å². The average molecular weight is 436 g/mol. The van der Waals surface area contributed by atoms with Gasteiger partial charge in [-0.2, -0.15) is 10.1 Å². The Morgan fingerprint density at radius 3 is 2.34 bits per heavy atom. The van der Waals surface area contributed by atoms with Gasteiger partial charge in [0.1, 0.15) is 6.54 Å². The van der Waals surface area contributed by atoms with Crippen LogP contribution in [0.15, 0.2) is 39.9 Å². The quantitative estimate of drug-likeness (QED) is 0.436. The summed E-state index contributed by atoms with van der Waals surface area (Å²) in [5, 5.41) is 4.61. The zero-order chi connectivity index (χ0) is 23.2. The first-order valence-corrected chi connectivity index (χ1v) is 10.1. The number of aromatic nitrogens is 6. The Morgan fingerprint density at radius 2 is 1.75 bits per heavy atom. The van der Waals surface area contributed by atoms with E-state index in [9.17, 15) is 14.4 Å². The molecule has 1 aromatic carbocycles. The second-order valence-electron chi connectivity index (χ2n) is 7.67. The lowest BCUT2D eigenvalue weighted by Crippen LogP contribution is -2.41. The van der Waals surface area contributed by atoms with Gasteiger partial charge in [-0.25, -0.2) is 14.0 Å². The van der Waals surface area contributed by atoms with Crippen LogP contribution in [0.25, 0.3) is 17.1 Å². The third-order valence-corrected chi connectivity index (χ3v) is 5.75. The maximum absolute atomic E-state index is 13.4. The molecule has 0 aliphatic carbocycles. The van der Waals surface area contributed by atoms with Gasteiger partial charge in [0.25, 0.3) is 5.56 Å². The van der Waals surface area contributed by atoms with Crippen molar-refractivity contribution < 1.29 is 9.53 Å². The van der Waals surface area contributed by atoms with Crippen molar-refractivity contribution in [3.8, 4) is 5.95 Å². The topological polar surface area (TPSA) is 106 Å². The van der Waals surface area contributed by atoms with Crippen LogP contribution in [0.3, 0.4) is 0 Å². The van der Waals surface area contributed by atoms with E-state index >= 15 is 0 Å². The van der Waals surface area contributed by atoms with Gasteiger partial charge in [0.2, 0.25) is 5.95 Å². The van der Waals surface area contributed by atoms with Crippen LogP contribution in [-0.2, 0) is 29.7 Å². The molecule has 4 rings (SSSR count). The van der Waals surface area contributed by atoms with Crippen LogP contribution >= 0.6 is 0 Å². The second-order valence-corrected chi connectivity index (χ2v) is 7.67. The van der Waals surface area contributed by atoms with E-state index in [-0.39, 0.29) is 11.2 Å². The normalized spacial score (nSPS) is 11.3. The molecular weight excluding hydrogens is 412 g/mol. The fourth-order valence-corrected chi connectivity index (χ4v) is 3.69. The summed E-state index contributed by atoms with van der Waals surface area (Å²) in [6, 6.07) is 9.61. The van der Waals surface area contributed by atoms with Crippen molar-refractivity contribution in [1.29, 1.82) is 0 Å². The van der Waals surface area contributed by atoms with Crippen molar-refractivity contribution in [2.24, 2.45) is 7.05 Å². The molecule has 3 aromatic heterocycles. The van der Waals surface area contributed by atoms with E-state index in [2.05, 4.69) is 14.8 Å². The maximum Gasteiger partial charge on any atom is 0.333 e. The molecule has 0 N–H and O–H groups in total. The van der Waals surface area contributed by atoms with E-state index in [4.69, 9.17) is 0 Å². The minimum atomic E-state index is -0.688. The lowest BCUT2D eigenvalue weighted by atomic mass is 10.2. The highest BCUT2D eigenvalue weighted by molar-refractivity contribution is 5.74. The summed E-state index contributed by atoms with van der Waals surface area (Å²) in [6.45, 7) is 5.65. The van der Waals surface area contributed by atoms with Gasteiger partial charge in [-0.15, -0.1) is 0 Å². The molecule has 0 atom stereocenters.